The molecule has 1 saturated heterocycles. The summed E-state index contributed by atoms with van der Waals surface area (Å²) in [5, 5.41) is 2.64. The van der Waals surface area contributed by atoms with E-state index in [1.807, 2.05) is 0 Å². The van der Waals surface area contributed by atoms with Crippen LogP contribution in [0.2, 0.25) is 0 Å². The van der Waals surface area contributed by atoms with E-state index in [1.165, 1.54) is 6.42 Å². The predicted molar refractivity (Wildman–Crippen MR) is 35.4 cm³/mol. The third-order valence-corrected chi connectivity index (χ3v) is 2.38. The lowest BCUT2D eigenvalue weighted by Crippen LogP contribution is -2.27. The summed E-state index contributed by atoms with van der Waals surface area (Å²) in [5.41, 5.74) is 0. The molecule has 1 saturated carbocycles. The number of carbonyl (C=O) groups is 1. The van der Waals surface area contributed by atoms with Gasteiger partial charge in [0.2, 0.25) is 6.41 Å². The first-order valence-corrected chi connectivity index (χ1v) is 3.70. The molecule has 0 radical (unpaired) electrons. The molecule has 1 aliphatic carbocycles. The van der Waals surface area contributed by atoms with Crippen molar-refractivity contribution in [2.45, 2.75) is 12.5 Å². The van der Waals surface area contributed by atoms with Gasteiger partial charge in [-0.25, -0.2) is 0 Å². The molecule has 1 amide bonds. The summed E-state index contributed by atoms with van der Waals surface area (Å²) < 4.78 is 5.40. The van der Waals surface area contributed by atoms with Crippen LogP contribution in [0.5, 0.6) is 0 Å². The summed E-state index contributed by atoms with van der Waals surface area (Å²) in [6, 6.07) is 0. The van der Waals surface area contributed by atoms with Gasteiger partial charge in [0.25, 0.3) is 0 Å². The average Bonchev–Trinajstić information content (AvgIpc) is 2.63. The maximum atomic E-state index is 9.92. The SMILES string of the molecule is O=CNC[C@H]1OCC2CC21. The topological polar surface area (TPSA) is 38.3 Å². The zero-order valence-electron chi connectivity index (χ0n) is 5.75. The van der Waals surface area contributed by atoms with Gasteiger partial charge in [-0.15, -0.1) is 0 Å². The standard InChI is InChI=1S/C7H11NO2/c9-4-8-2-7-6-1-5(6)3-10-7/h4-7H,1-3H2,(H,8,9)/t5?,6?,7-/m1/s1. The van der Waals surface area contributed by atoms with Crippen LogP contribution >= 0.6 is 0 Å². The van der Waals surface area contributed by atoms with Crippen LogP contribution in [0.25, 0.3) is 0 Å². The quantitative estimate of drug-likeness (QED) is 0.551. The minimum absolute atomic E-state index is 0.315. The second-order valence-corrected chi connectivity index (χ2v) is 3.06. The maximum absolute atomic E-state index is 9.92. The molecular weight excluding hydrogens is 130 g/mol. The van der Waals surface area contributed by atoms with Crippen LogP contribution in [0.3, 0.4) is 0 Å². The van der Waals surface area contributed by atoms with Crippen molar-refractivity contribution in [2.75, 3.05) is 13.2 Å². The molecule has 2 unspecified atom stereocenters. The van der Waals surface area contributed by atoms with Gasteiger partial charge in [-0.3, -0.25) is 4.79 Å². The summed E-state index contributed by atoms with van der Waals surface area (Å²) in [5.74, 6) is 1.57. The van der Waals surface area contributed by atoms with Crippen molar-refractivity contribution in [3.63, 3.8) is 0 Å². The van der Waals surface area contributed by atoms with E-state index in [-0.39, 0.29) is 0 Å². The van der Waals surface area contributed by atoms with E-state index in [4.69, 9.17) is 4.74 Å². The Morgan fingerprint density at radius 2 is 2.60 bits per heavy atom. The van der Waals surface area contributed by atoms with Gasteiger partial charge in [0.1, 0.15) is 0 Å². The Kier molecular flexibility index (Phi) is 1.38. The second kappa shape index (κ2) is 2.23. The monoisotopic (exact) mass is 141 g/mol. The van der Waals surface area contributed by atoms with Crippen LogP contribution in [-0.4, -0.2) is 25.7 Å². The number of hydrogen-bond acceptors (Lipinski definition) is 2. The normalized spacial score (nSPS) is 42.6. The molecule has 10 heavy (non-hydrogen) atoms. The highest BCUT2D eigenvalue weighted by Crippen LogP contribution is 2.47. The van der Waals surface area contributed by atoms with Gasteiger partial charge >= 0.3 is 0 Å². The molecule has 0 aromatic heterocycles. The number of fused-ring (bicyclic) bond motifs is 1. The molecule has 2 rings (SSSR count). The van der Waals surface area contributed by atoms with E-state index < -0.39 is 0 Å². The van der Waals surface area contributed by atoms with Crippen molar-refractivity contribution in [3.05, 3.63) is 0 Å². The molecule has 3 nitrogen and oxygen atoms in total. The molecule has 56 valence electrons. The van der Waals surface area contributed by atoms with Crippen molar-refractivity contribution in [1.82, 2.24) is 5.32 Å². The summed E-state index contributed by atoms with van der Waals surface area (Å²) in [4.78, 5) is 9.92. The minimum Gasteiger partial charge on any atom is -0.376 e. The van der Waals surface area contributed by atoms with Gasteiger partial charge in [-0.2, -0.15) is 0 Å². The molecule has 0 aromatic carbocycles. The molecule has 1 N–H and O–H groups in total. The van der Waals surface area contributed by atoms with Gasteiger partial charge in [-0.05, 0) is 18.3 Å². The first-order valence-electron chi connectivity index (χ1n) is 3.70. The molecule has 2 fully saturated rings. The van der Waals surface area contributed by atoms with Gasteiger partial charge < -0.3 is 10.1 Å². The fourth-order valence-electron chi connectivity index (χ4n) is 1.66. The smallest absolute Gasteiger partial charge is 0.207 e. The fourth-order valence-corrected chi connectivity index (χ4v) is 1.66. The van der Waals surface area contributed by atoms with E-state index in [9.17, 15) is 4.79 Å². The van der Waals surface area contributed by atoms with E-state index in [1.54, 1.807) is 0 Å². The lowest BCUT2D eigenvalue weighted by Gasteiger charge is -2.09. The Labute approximate surface area is 59.7 Å². The Bertz CT molecular complexity index is 149. The first kappa shape index (κ1) is 6.16. The van der Waals surface area contributed by atoms with E-state index in [0.29, 0.717) is 12.6 Å². The van der Waals surface area contributed by atoms with Crippen molar-refractivity contribution in [1.29, 1.82) is 0 Å². The van der Waals surface area contributed by atoms with Gasteiger partial charge in [0, 0.05) is 6.54 Å². The average molecular weight is 141 g/mol. The summed E-state index contributed by atoms with van der Waals surface area (Å²) >= 11 is 0. The first-order chi connectivity index (χ1) is 4.92. The van der Waals surface area contributed by atoms with E-state index in [2.05, 4.69) is 5.32 Å². The van der Waals surface area contributed by atoms with E-state index >= 15 is 0 Å². The highest BCUT2D eigenvalue weighted by atomic mass is 16.5. The van der Waals surface area contributed by atoms with Gasteiger partial charge in [0.15, 0.2) is 0 Å². The van der Waals surface area contributed by atoms with Crippen LogP contribution in [-0.2, 0) is 9.53 Å². The Morgan fingerprint density at radius 3 is 3.10 bits per heavy atom. The van der Waals surface area contributed by atoms with Crippen LogP contribution in [0.1, 0.15) is 6.42 Å². The molecule has 2 aliphatic rings. The Morgan fingerprint density at radius 1 is 1.70 bits per heavy atom. The zero-order valence-corrected chi connectivity index (χ0v) is 5.75. The molecule has 0 bridgehead atoms. The van der Waals surface area contributed by atoms with E-state index in [0.717, 1.165) is 24.9 Å². The van der Waals surface area contributed by atoms with Crippen LogP contribution in [0.15, 0.2) is 0 Å². The third-order valence-electron chi connectivity index (χ3n) is 2.38. The van der Waals surface area contributed by atoms with Crippen molar-refractivity contribution in [3.8, 4) is 0 Å². The lowest BCUT2D eigenvalue weighted by molar-refractivity contribution is -0.110. The van der Waals surface area contributed by atoms with Gasteiger partial charge in [-0.1, -0.05) is 0 Å². The number of nitrogens with one attached hydrogen (secondary N) is 1. The largest absolute Gasteiger partial charge is 0.376 e. The lowest BCUT2D eigenvalue weighted by atomic mass is 10.2. The van der Waals surface area contributed by atoms with Crippen LogP contribution < -0.4 is 5.32 Å². The molecule has 0 spiro atoms. The summed E-state index contributed by atoms with van der Waals surface area (Å²) in [7, 11) is 0. The maximum Gasteiger partial charge on any atom is 0.207 e. The Balaban J connectivity index is 1.77. The summed E-state index contributed by atoms with van der Waals surface area (Å²) in [6.45, 7) is 1.61. The minimum atomic E-state index is 0.315. The van der Waals surface area contributed by atoms with Crippen molar-refractivity contribution < 1.29 is 9.53 Å². The fraction of sp³-hybridized carbons (Fsp3) is 0.857. The number of hydrogen-bond donors (Lipinski definition) is 1. The number of carbonyl (C=O) groups excluding carboxylic acids is 1. The molecular formula is C7H11NO2. The van der Waals surface area contributed by atoms with Crippen molar-refractivity contribution >= 4 is 6.41 Å². The Hall–Kier alpha value is -0.570. The highest BCUT2D eigenvalue weighted by molar-refractivity contribution is 5.45. The molecule has 3 heteroatoms. The predicted octanol–water partition coefficient (Wildman–Crippen LogP) is -0.233. The zero-order chi connectivity index (χ0) is 6.97. The van der Waals surface area contributed by atoms with Crippen LogP contribution in [0.4, 0.5) is 0 Å². The van der Waals surface area contributed by atoms with Crippen molar-refractivity contribution in [2.24, 2.45) is 11.8 Å². The summed E-state index contributed by atoms with van der Waals surface area (Å²) in [6.07, 6.45) is 2.36. The second-order valence-electron chi connectivity index (χ2n) is 3.06. The van der Waals surface area contributed by atoms with Crippen LogP contribution in [0, 0.1) is 11.8 Å². The molecule has 1 aliphatic heterocycles. The third kappa shape index (κ3) is 0.904. The number of amides is 1. The number of rotatable bonds is 3. The number of ether oxygens (including phenoxy) is 1. The molecule has 1 heterocycles. The van der Waals surface area contributed by atoms with Gasteiger partial charge in [0.05, 0.1) is 12.7 Å². The highest BCUT2D eigenvalue weighted by Gasteiger charge is 2.48. The molecule has 3 atom stereocenters. The molecule has 0 aromatic rings.